The first-order chi connectivity index (χ1) is 14.2. The van der Waals surface area contributed by atoms with Crippen molar-refractivity contribution in [1.29, 1.82) is 0 Å². The van der Waals surface area contributed by atoms with Crippen LogP contribution < -0.4 is 10.6 Å². The normalized spacial score (nSPS) is 14.9. The summed E-state index contributed by atoms with van der Waals surface area (Å²) < 4.78 is 16.8. The average molecular weight is 528 g/mol. The Bertz CT molecular complexity index is 758. The molecule has 0 unspecified atom stereocenters. The maximum Gasteiger partial charge on any atom is 0.226 e. The second-order valence-corrected chi connectivity index (χ2v) is 7.35. The Hall–Kier alpha value is -1.65. The van der Waals surface area contributed by atoms with Gasteiger partial charge in [0.05, 0.1) is 12.2 Å². The van der Waals surface area contributed by atoms with Crippen molar-refractivity contribution in [2.45, 2.75) is 32.7 Å². The summed E-state index contributed by atoms with van der Waals surface area (Å²) >= 11 is 0. The van der Waals surface area contributed by atoms with E-state index in [-0.39, 0.29) is 24.0 Å². The largest absolute Gasteiger partial charge is 0.444 e. The van der Waals surface area contributed by atoms with Gasteiger partial charge in [-0.05, 0) is 44.2 Å². The van der Waals surface area contributed by atoms with Gasteiger partial charge in [0, 0.05) is 45.6 Å². The second-order valence-electron chi connectivity index (χ2n) is 7.35. The molecule has 1 aliphatic rings. The quantitative estimate of drug-likeness (QED) is 0.223. The highest BCUT2D eigenvalue weighted by molar-refractivity contribution is 14.0. The van der Waals surface area contributed by atoms with Crippen LogP contribution in [0.5, 0.6) is 0 Å². The first-order valence-corrected chi connectivity index (χ1v) is 10.4. The van der Waals surface area contributed by atoms with Gasteiger partial charge in [-0.3, -0.25) is 4.99 Å². The van der Waals surface area contributed by atoms with Crippen LogP contribution in [0.15, 0.2) is 39.9 Å². The van der Waals surface area contributed by atoms with Crippen LogP contribution in [0.3, 0.4) is 0 Å². The third kappa shape index (κ3) is 8.23. The predicted octanol–water partition coefficient (Wildman–Crippen LogP) is 3.77. The minimum atomic E-state index is 0. The molecule has 30 heavy (non-hydrogen) atoms. The highest BCUT2D eigenvalue weighted by atomic mass is 127. The lowest BCUT2D eigenvalue weighted by Crippen LogP contribution is -2.37. The van der Waals surface area contributed by atoms with Crippen LogP contribution in [0.2, 0.25) is 0 Å². The summed E-state index contributed by atoms with van der Waals surface area (Å²) in [6.45, 7) is 6.75. The van der Waals surface area contributed by atoms with E-state index in [1.165, 1.54) is 5.56 Å². The van der Waals surface area contributed by atoms with Gasteiger partial charge < -0.3 is 24.5 Å². The van der Waals surface area contributed by atoms with Crippen molar-refractivity contribution in [2.75, 3.05) is 40.0 Å². The molecule has 0 amide bonds. The molecule has 2 N–H and O–H groups in total. The third-order valence-electron chi connectivity index (χ3n) is 4.96. The summed E-state index contributed by atoms with van der Waals surface area (Å²) in [5, 5.41) is 6.57. The van der Waals surface area contributed by atoms with Gasteiger partial charge in [-0.1, -0.05) is 17.7 Å². The fraction of sp³-hybridized carbons (Fsp3) is 0.545. The molecule has 1 saturated heterocycles. The Morgan fingerprint density at radius 3 is 2.70 bits per heavy atom. The zero-order valence-electron chi connectivity index (χ0n) is 17.9. The molecule has 0 atom stereocenters. The van der Waals surface area contributed by atoms with Crippen molar-refractivity contribution in [1.82, 2.24) is 15.6 Å². The van der Waals surface area contributed by atoms with E-state index in [2.05, 4.69) is 39.7 Å². The van der Waals surface area contributed by atoms with Crippen molar-refractivity contribution in [3.63, 3.8) is 0 Å². The number of ether oxygens (including phenoxy) is 2. The predicted molar refractivity (Wildman–Crippen MR) is 129 cm³/mol. The van der Waals surface area contributed by atoms with Crippen LogP contribution in [-0.4, -0.2) is 51.0 Å². The van der Waals surface area contributed by atoms with Gasteiger partial charge in [-0.2, -0.15) is 0 Å². The number of rotatable bonds is 9. The number of nitrogens with zero attached hydrogens (tertiary/aromatic N) is 2. The number of aliphatic imine (C=N–C) groups is 1. The van der Waals surface area contributed by atoms with Gasteiger partial charge in [0.25, 0.3) is 0 Å². The standard InChI is InChI=1S/C22H32N4O3.HI/c1-17-4-6-19(7-5-17)21-26-20(16-29-21)14-25-22(23-2)24-10-3-11-28-15-18-8-12-27-13-9-18;/h4-7,16,18H,3,8-15H2,1-2H3,(H2,23,24,25);1H. The summed E-state index contributed by atoms with van der Waals surface area (Å²) in [6, 6.07) is 8.14. The van der Waals surface area contributed by atoms with E-state index in [0.29, 0.717) is 18.4 Å². The van der Waals surface area contributed by atoms with Crippen LogP contribution in [0.4, 0.5) is 0 Å². The molecule has 1 fully saturated rings. The summed E-state index contributed by atoms with van der Waals surface area (Å²) in [5.41, 5.74) is 3.03. The second kappa shape index (κ2) is 13.6. The monoisotopic (exact) mass is 528 g/mol. The molecule has 3 rings (SSSR count). The molecule has 1 aromatic heterocycles. The molecule has 0 saturated carbocycles. The number of aryl methyl sites for hydroxylation is 1. The first kappa shape index (κ1) is 24.6. The number of benzene rings is 1. The average Bonchev–Trinajstić information content (AvgIpc) is 3.23. The molecule has 8 heteroatoms. The Morgan fingerprint density at radius 1 is 1.20 bits per heavy atom. The maximum atomic E-state index is 5.79. The highest BCUT2D eigenvalue weighted by Crippen LogP contribution is 2.19. The number of halogens is 1. The number of guanidine groups is 1. The molecule has 0 spiro atoms. The summed E-state index contributed by atoms with van der Waals surface area (Å²) in [5.74, 6) is 2.03. The Morgan fingerprint density at radius 2 is 1.97 bits per heavy atom. The number of nitrogens with one attached hydrogen (secondary N) is 2. The van der Waals surface area contributed by atoms with Crippen molar-refractivity contribution < 1.29 is 13.9 Å². The van der Waals surface area contributed by atoms with E-state index in [1.807, 2.05) is 12.1 Å². The van der Waals surface area contributed by atoms with Gasteiger partial charge >= 0.3 is 0 Å². The van der Waals surface area contributed by atoms with Gasteiger partial charge in [0.15, 0.2) is 5.96 Å². The summed E-state index contributed by atoms with van der Waals surface area (Å²) in [6.07, 6.45) is 4.84. The topological polar surface area (TPSA) is 80.9 Å². The van der Waals surface area contributed by atoms with Crippen molar-refractivity contribution in [3.05, 3.63) is 41.8 Å². The van der Waals surface area contributed by atoms with E-state index < -0.39 is 0 Å². The van der Waals surface area contributed by atoms with Gasteiger partial charge in [0.2, 0.25) is 5.89 Å². The lowest BCUT2D eigenvalue weighted by atomic mass is 10.0. The smallest absolute Gasteiger partial charge is 0.226 e. The van der Waals surface area contributed by atoms with E-state index in [9.17, 15) is 0 Å². The number of hydrogen-bond donors (Lipinski definition) is 2. The van der Waals surface area contributed by atoms with Gasteiger partial charge in [-0.25, -0.2) is 4.98 Å². The molecule has 0 radical (unpaired) electrons. The fourth-order valence-corrected chi connectivity index (χ4v) is 3.16. The lowest BCUT2D eigenvalue weighted by Gasteiger charge is -2.21. The number of oxazole rings is 1. The number of aromatic nitrogens is 1. The molecule has 2 aromatic rings. The Kier molecular flexibility index (Phi) is 11.2. The van der Waals surface area contributed by atoms with Crippen LogP contribution in [0.25, 0.3) is 11.5 Å². The van der Waals surface area contributed by atoms with Gasteiger partial charge in [0.1, 0.15) is 6.26 Å². The molecular formula is C22H33IN4O3. The highest BCUT2D eigenvalue weighted by Gasteiger charge is 2.13. The van der Waals surface area contributed by atoms with Crippen LogP contribution in [0, 0.1) is 12.8 Å². The molecule has 2 heterocycles. The van der Waals surface area contributed by atoms with E-state index in [4.69, 9.17) is 13.9 Å². The molecule has 7 nitrogen and oxygen atoms in total. The van der Waals surface area contributed by atoms with Crippen LogP contribution >= 0.6 is 24.0 Å². The summed E-state index contributed by atoms with van der Waals surface area (Å²) in [7, 11) is 1.76. The minimum Gasteiger partial charge on any atom is -0.444 e. The Labute approximate surface area is 196 Å². The molecular weight excluding hydrogens is 495 g/mol. The maximum absolute atomic E-state index is 5.79. The molecule has 1 aliphatic heterocycles. The van der Waals surface area contributed by atoms with Crippen LogP contribution in [0.1, 0.15) is 30.5 Å². The molecule has 0 aliphatic carbocycles. The van der Waals surface area contributed by atoms with E-state index in [0.717, 1.165) is 69.5 Å². The molecule has 166 valence electrons. The van der Waals surface area contributed by atoms with E-state index in [1.54, 1.807) is 13.3 Å². The Balaban J connectivity index is 0.00000320. The molecule has 1 aromatic carbocycles. The lowest BCUT2D eigenvalue weighted by molar-refractivity contribution is 0.0203. The van der Waals surface area contributed by atoms with Crippen molar-refractivity contribution in [3.8, 4) is 11.5 Å². The van der Waals surface area contributed by atoms with E-state index >= 15 is 0 Å². The fourth-order valence-electron chi connectivity index (χ4n) is 3.16. The summed E-state index contributed by atoms with van der Waals surface area (Å²) in [4.78, 5) is 8.79. The zero-order chi connectivity index (χ0) is 20.3. The van der Waals surface area contributed by atoms with Crippen molar-refractivity contribution >= 4 is 29.9 Å². The minimum absolute atomic E-state index is 0. The number of hydrogen-bond acceptors (Lipinski definition) is 5. The van der Waals surface area contributed by atoms with Gasteiger partial charge in [-0.15, -0.1) is 24.0 Å². The third-order valence-corrected chi connectivity index (χ3v) is 4.96. The zero-order valence-corrected chi connectivity index (χ0v) is 20.2. The first-order valence-electron chi connectivity index (χ1n) is 10.4. The SMILES string of the molecule is CN=C(NCCCOCC1CCOCC1)NCc1coc(-c2ccc(C)cc2)n1.I. The van der Waals surface area contributed by atoms with Crippen molar-refractivity contribution in [2.24, 2.45) is 10.9 Å². The van der Waals surface area contributed by atoms with Crippen LogP contribution in [-0.2, 0) is 16.0 Å². The molecule has 0 bridgehead atoms.